The lowest BCUT2D eigenvalue weighted by atomic mass is 10.1. The SMILES string of the molecule is COc1cc2cc(C(=O)CCC(=O)OC(C)(C)C)sc2cc1OC. The maximum Gasteiger partial charge on any atom is 0.306 e. The first-order valence-electron chi connectivity index (χ1n) is 7.64. The van der Waals surface area contributed by atoms with E-state index < -0.39 is 5.60 Å². The number of rotatable bonds is 6. The summed E-state index contributed by atoms with van der Waals surface area (Å²) in [5.41, 5.74) is -0.537. The Kier molecular flexibility index (Phi) is 5.49. The molecule has 24 heavy (non-hydrogen) atoms. The second-order valence-electron chi connectivity index (χ2n) is 6.37. The Labute approximate surface area is 145 Å². The number of carbonyl (C=O) groups excluding carboxylic acids is 2. The lowest BCUT2D eigenvalue weighted by molar-refractivity contribution is -0.154. The van der Waals surface area contributed by atoms with E-state index in [2.05, 4.69) is 0 Å². The zero-order valence-electron chi connectivity index (χ0n) is 14.6. The highest BCUT2D eigenvalue weighted by atomic mass is 32.1. The van der Waals surface area contributed by atoms with Crippen LogP contribution in [0.15, 0.2) is 18.2 Å². The predicted molar refractivity (Wildman–Crippen MR) is 94.3 cm³/mol. The number of ketones is 1. The highest BCUT2D eigenvalue weighted by molar-refractivity contribution is 7.20. The minimum Gasteiger partial charge on any atom is -0.493 e. The second kappa shape index (κ2) is 7.21. The van der Waals surface area contributed by atoms with E-state index in [0.29, 0.717) is 16.4 Å². The summed E-state index contributed by atoms with van der Waals surface area (Å²) in [7, 11) is 3.15. The van der Waals surface area contributed by atoms with Crippen molar-refractivity contribution < 1.29 is 23.8 Å². The topological polar surface area (TPSA) is 61.8 Å². The molecule has 5 nitrogen and oxygen atoms in total. The smallest absolute Gasteiger partial charge is 0.306 e. The summed E-state index contributed by atoms with van der Waals surface area (Å²) in [6.07, 6.45) is 0.215. The fraction of sp³-hybridized carbons (Fsp3) is 0.444. The van der Waals surface area contributed by atoms with E-state index in [4.69, 9.17) is 14.2 Å². The third kappa shape index (κ3) is 4.47. The molecule has 130 valence electrons. The van der Waals surface area contributed by atoms with Gasteiger partial charge >= 0.3 is 5.97 Å². The molecule has 0 atom stereocenters. The van der Waals surface area contributed by atoms with Crippen molar-refractivity contribution in [1.82, 2.24) is 0 Å². The van der Waals surface area contributed by atoms with Gasteiger partial charge in [0.1, 0.15) is 5.60 Å². The van der Waals surface area contributed by atoms with Crippen LogP contribution in [0.5, 0.6) is 11.5 Å². The monoisotopic (exact) mass is 350 g/mol. The summed E-state index contributed by atoms with van der Waals surface area (Å²) < 4.78 is 16.7. The highest BCUT2D eigenvalue weighted by Crippen LogP contribution is 2.36. The highest BCUT2D eigenvalue weighted by Gasteiger charge is 2.19. The number of ether oxygens (including phenoxy) is 3. The van der Waals surface area contributed by atoms with Crippen molar-refractivity contribution in [3.05, 3.63) is 23.1 Å². The average Bonchev–Trinajstić information content (AvgIpc) is 2.92. The Morgan fingerprint density at radius 2 is 1.62 bits per heavy atom. The van der Waals surface area contributed by atoms with Gasteiger partial charge in [-0.15, -0.1) is 11.3 Å². The number of esters is 1. The van der Waals surface area contributed by atoms with Crippen molar-refractivity contribution in [1.29, 1.82) is 0 Å². The standard InChI is InChI=1S/C18H22O5S/c1-18(2,3)23-17(20)7-6-12(19)16-9-11-8-13(21-4)14(22-5)10-15(11)24-16/h8-10H,6-7H2,1-5H3. The van der Waals surface area contributed by atoms with E-state index in [1.165, 1.54) is 11.3 Å². The molecule has 2 rings (SSSR count). The largest absolute Gasteiger partial charge is 0.493 e. The third-order valence-corrected chi connectivity index (χ3v) is 4.41. The van der Waals surface area contributed by atoms with Crippen LogP contribution < -0.4 is 9.47 Å². The maximum absolute atomic E-state index is 12.3. The Bertz CT molecular complexity index is 714. The molecule has 0 radical (unpaired) electrons. The summed E-state index contributed by atoms with van der Waals surface area (Å²) in [5, 5.41) is 0.915. The van der Waals surface area contributed by atoms with Gasteiger partial charge in [-0.25, -0.2) is 0 Å². The summed E-state index contributed by atoms with van der Waals surface area (Å²) in [5.74, 6) is 0.815. The predicted octanol–water partition coefficient (Wildman–Crippen LogP) is 4.22. The number of hydrogen-bond donors (Lipinski definition) is 0. The molecule has 0 aliphatic rings. The van der Waals surface area contributed by atoms with Gasteiger partial charge in [0, 0.05) is 17.2 Å². The molecule has 2 aromatic rings. The Morgan fingerprint density at radius 1 is 1.00 bits per heavy atom. The second-order valence-corrected chi connectivity index (χ2v) is 7.45. The Hall–Kier alpha value is -2.08. The quantitative estimate of drug-likeness (QED) is 0.576. The lowest BCUT2D eigenvalue weighted by Crippen LogP contribution is -2.24. The van der Waals surface area contributed by atoms with E-state index in [1.54, 1.807) is 35.0 Å². The molecular weight excluding hydrogens is 328 g/mol. The van der Waals surface area contributed by atoms with Crippen LogP contribution in [-0.4, -0.2) is 31.6 Å². The summed E-state index contributed by atoms with van der Waals surface area (Å²) in [6, 6.07) is 5.51. The summed E-state index contributed by atoms with van der Waals surface area (Å²) in [6.45, 7) is 5.42. The fourth-order valence-electron chi connectivity index (χ4n) is 2.24. The van der Waals surface area contributed by atoms with Crippen LogP contribution in [0.1, 0.15) is 43.3 Å². The van der Waals surface area contributed by atoms with Crippen molar-refractivity contribution >= 4 is 33.2 Å². The molecule has 1 aromatic heterocycles. The molecule has 0 fully saturated rings. The van der Waals surface area contributed by atoms with Crippen molar-refractivity contribution in [3.63, 3.8) is 0 Å². The molecule has 1 aromatic carbocycles. The molecule has 0 saturated heterocycles. The first kappa shape index (κ1) is 18.3. The molecule has 0 spiro atoms. The number of hydrogen-bond acceptors (Lipinski definition) is 6. The fourth-order valence-corrected chi connectivity index (χ4v) is 3.28. The molecular formula is C18H22O5S. The van der Waals surface area contributed by atoms with Crippen LogP contribution in [0.3, 0.4) is 0 Å². The average molecular weight is 350 g/mol. The van der Waals surface area contributed by atoms with Gasteiger partial charge in [0.25, 0.3) is 0 Å². The van der Waals surface area contributed by atoms with Gasteiger partial charge in [-0.1, -0.05) is 0 Å². The van der Waals surface area contributed by atoms with E-state index in [-0.39, 0.29) is 24.6 Å². The van der Waals surface area contributed by atoms with E-state index in [1.807, 2.05) is 18.2 Å². The first-order valence-corrected chi connectivity index (χ1v) is 8.46. The van der Waals surface area contributed by atoms with Crippen LogP contribution in [0.25, 0.3) is 10.1 Å². The summed E-state index contributed by atoms with van der Waals surface area (Å²) >= 11 is 1.38. The van der Waals surface area contributed by atoms with E-state index in [0.717, 1.165) is 10.1 Å². The Morgan fingerprint density at radius 3 is 2.21 bits per heavy atom. The Balaban J connectivity index is 2.11. The molecule has 0 saturated carbocycles. The van der Waals surface area contributed by atoms with Crippen LogP contribution in [0.2, 0.25) is 0 Å². The summed E-state index contributed by atoms with van der Waals surface area (Å²) in [4.78, 5) is 24.7. The lowest BCUT2D eigenvalue weighted by Gasteiger charge is -2.19. The normalized spacial score (nSPS) is 11.4. The number of carbonyl (C=O) groups is 2. The van der Waals surface area contributed by atoms with Crippen LogP contribution in [0.4, 0.5) is 0 Å². The van der Waals surface area contributed by atoms with Crippen molar-refractivity contribution in [2.45, 2.75) is 39.2 Å². The first-order chi connectivity index (χ1) is 11.2. The van der Waals surface area contributed by atoms with Gasteiger partial charge in [0.05, 0.1) is 25.5 Å². The molecule has 0 aliphatic heterocycles. The van der Waals surface area contributed by atoms with Gasteiger partial charge in [-0.05, 0) is 38.3 Å². The number of fused-ring (bicyclic) bond motifs is 1. The zero-order chi connectivity index (χ0) is 17.9. The van der Waals surface area contributed by atoms with Gasteiger partial charge in [-0.2, -0.15) is 0 Å². The van der Waals surface area contributed by atoms with Gasteiger partial charge < -0.3 is 14.2 Å². The van der Waals surface area contributed by atoms with Crippen LogP contribution in [0, 0.1) is 0 Å². The van der Waals surface area contributed by atoms with Gasteiger partial charge in [0.15, 0.2) is 17.3 Å². The molecule has 1 heterocycles. The maximum atomic E-state index is 12.3. The minimum atomic E-state index is -0.537. The van der Waals surface area contributed by atoms with E-state index in [9.17, 15) is 9.59 Å². The molecule has 6 heteroatoms. The molecule has 0 unspecified atom stereocenters. The van der Waals surface area contributed by atoms with Crippen molar-refractivity contribution in [2.75, 3.05) is 14.2 Å². The van der Waals surface area contributed by atoms with Crippen LogP contribution in [-0.2, 0) is 9.53 Å². The number of thiophene rings is 1. The van der Waals surface area contributed by atoms with Crippen LogP contribution >= 0.6 is 11.3 Å². The third-order valence-electron chi connectivity index (χ3n) is 3.27. The molecule has 0 bridgehead atoms. The molecule has 0 amide bonds. The van der Waals surface area contributed by atoms with Crippen molar-refractivity contribution in [3.8, 4) is 11.5 Å². The van der Waals surface area contributed by atoms with E-state index >= 15 is 0 Å². The minimum absolute atomic E-state index is 0.0695. The number of benzene rings is 1. The van der Waals surface area contributed by atoms with Crippen molar-refractivity contribution in [2.24, 2.45) is 0 Å². The van der Waals surface area contributed by atoms with Gasteiger partial charge in [-0.3, -0.25) is 9.59 Å². The zero-order valence-corrected chi connectivity index (χ0v) is 15.4. The number of methoxy groups -OCH3 is 2. The number of Topliss-reactive ketones (excluding diaryl/α,β-unsaturated/α-hetero) is 1. The van der Waals surface area contributed by atoms with Gasteiger partial charge in [0.2, 0.25) is 0 Å². The molecule has 0 aliphatic carbocycles. The molecule has 0 N–H and O–H groups in total.